The Morgan fingerprint density at radius 1 is 0.850 bits per heavy atom. The van der Waals surface area contributed by atoms with E-state index in [1.165, 1.54) is 16.4 Å². The molecule has 2 N–H and O–H groups in total. The topological polar surface area (TPSA) is 116 Å². The van der Waals surface area contributed by atoms with E-state index in [4.69, 9.17) is 0 Å². The molecule has 3 aromatic rings. The summed E-state index contributed by atoms with van der Waals surface area (Å²) < 4.78 is 27.5. The summed E-state index contributed by atoms with van der Waals surface area (Å²) in [5.41, 5.74) is 2.14. The van der Waals surface area contributed by atoms with Crippen LogP contribution in [0, 0.1) is 11.8 Å². The average molecular weight is 561 g/mol. The van der Waals surface area contributed by atoms with Crippen molar-refractivity contribution < 1.29 is 22.8 Å². The van der Waals surface area contributed by atoms with Gasteiger partial charge in [0.05, 0.1) is 10.8 Å². The molecule has 40 heavy (non-hydrogen) atoms. The van der Waals surface area contributed by atoms with E-state index in [-0.39, 0.29) is 29.0 Å². The van der Waals surface area contributed by atoms with Crippen molar-refractivity contribution in [2.24, 2.45) is 11.8 Å². The Morgan fingerprint density at radius 2 is 1.50 bits per heavy atom. The molecule has 2 unspecified atom stereocenters. The lowest BCUT2D eigenvalue weighted by atomic mass is 10.0. The van der Waals surface area contributed by atoms with Gasteiger partial charge in [-0.1, -0.05) is 25.1 Å². The van der Waals surface area contributed by atoms with Crippen LogP contribution in [0.5, 0.6) is 0 Å². The molecular weight excluding hydrogens is 528 g/mol. The van der Waals surface area contributed by atoms with Crippen molar-refractivity contribution >= 4 is 44.8 Å². The maximum Gasteiger partial charge on any atom is 0.255 e. The third kappa shape index (κ3) is 6.08. The molecule has 0 radical (unpaired) electrons. The summed E-state index contributed by atoms with van der Waals surface area (Å²) in [6, 6.07) is 21.9. The number of hydrogen-bond acceptors (Lipinski definition) is 5. The second-order valence-corrected chi connectivity index (χ2v) is 12.3. The number of rotatable bonds is 7. The van der Waals surface area contributed by atoms with Gasteiger partial charge in [-0.15, -0.1) is 0 Å². The van der Waals surface area contributed by atoms with Crippen LogP contribution in [0.1, 0.15) is 36.5 Å². The zero-order valence-electron chi connectivity index (χ0n) is 22.2. The Labute approximate surface area is 234 Å². The van der Waals surface area contributed by atoms with Gasteiger partial charge in [0, 0.05) is 48.7 Å². The molecule has 2 atom stereocenters. The lowest BCUT2D eigenvalue weighted by Crippen LogP contribution is -2.39. The van der Waals surface area contributed by atoms with Crippen LogP contribution in [-0.2, 0) is 19.6 Å². The molecule has 2 aliphatic rings. The van der Waals surface area contributed by atoms with E-state index in [9.17, 15) is 22.8 Å². The molecule has 5 rings (SSSR count). The Morgan fingerprint density at radius 3 is 2.17 bits per heavy atom. The first kappa shape index (κ1) is 27.5. The smallest absolute Gasteiger partial charge is 0.255 e. The van der Waals surface area contributed by atoms with Gasteiger partial charge < -0.3 is 15.5 Å². The van der Waals surface area contributed by atoms with E-state index in [0.717, 1.165) is 18.5 Å². The highest BCUT2D eigenvalue weighted by Crippen LogP contribution is 2.27. The number of carbonyl (C=O) groups excluding carboxylic acids is 3. The van der Waals surface area contributed by atoms with E-state index < -0.39 is 15.9 Å². The molecule has 2 fully saturated rings. The maximum atomic E-state index is 13.0. The van der Waals surface area contributed by atoms with Gasteiger partial charge in [-0.3, -0.25) is 14.4 Å². The first-order valence-electron chi connectivity index (χ1n) is 13.4. The average Bonchev–Trinajstić information content (AvgIpc) is 3.36. The predicted octanol–water partition coefficient (Wildman–Crippen LogP) is 4.35. The molecule has 2 aliphatic heterocycles. The summed E-state index contributed by atoms with van der Waals surface area (Å²) in [6.45, 7) is 3.40. The zero-order chi connectivity index (χ0) is 28.3. The minimum Gasteiger partial charge on any atom is -0.326 e. The van der Waals surface area contributed by atoms with Gasteiger partial charge in [-0.2, -0.15) is 4.31 Å². The third-order valence-corrected chi connectivity index (χ3v) is 9.23. The SMILES string of the molecule is CC1CCCN(S(=O)(=O)c2ccc(NC(=O)c3ccc(NC(=O)C4CC(=O)N(c5ccccc5)C4)cc3)cc2)C1. The molecule has 3 amide bonds. The standard InChI is InChI=1S/C30H32N4O5S/c1-21-6-5-17-33(19-21)40(38,39)27-15-13-25(14-16-27)31-29(36)22-9-11-24(12-10-22)32-30(37)23-18-28(35)34(20-23)26-7-3-2-4-8-26/h2-4,7-16,21,23H,5-6,17-20H2,1H3,(H,31,36)(H,32,37). The highest BCUT2D eigenvalue weighted by atomic mass is 32.2. The molecule has 0 saturated carbocycles. The fourth-order valence-corrected chi connectivity index (χ4v) is 6.72. The largest absolute Gasteiger partial charge is 0.326 e. The minimum absolute atomic E-state index is 0.0925. The normalized spacial score (nSPS) is 19.8. The fourth-order valence-electron chi connectivity index (χ4n) is 5.12. The number of anilines is 3. The van der Waals surface area contributed by atoms with Crippen molar-refractivity contribution in [3.63, 3.8) is 0 Å². The molecule has 0 spiro atoms. The molecule has 0 bridgehead atoms. The van der Waals surface area contributed by atoms with E-state index >= 15 is 0 Å². The molecule has 10 heteroatoms. The number of nitrogens with zero attached hydrogens (tertiary/aromatic N) is 2. The quantitative estimate of drug-likeness (QED) is 0.446. The van der Waals surface area contributed by atoms with Crippen LogP contribution in [0.3, 0.4) is 0 Å². The van der Waals surface area contributed by atoms with Gasteiger partial charge in [0.2, 0.25) is 21.8 Å². The van der Waals surface area contributed by atoms with E-state index in [1.807, 2.05) is 30.3 Å². The van der Waals surface area contributed by atoms with Crippen molar-refractivity contribution in [3.8, 4) is 0 Å². The number of sulfonamides is 1. The molecule has 2 saturated heterocycles. The Kier molecular flexibility index (Phi) is 7.99. The molecule has 2 heterocycles. The van der Waals surface area contributed by atoms with E-state index in [1.54, 1.807) is 41.3 Å². The molecule has 0 aromatic heterocycles. The number of amides is 3. The zero-order valence-corrected chi connectivity index (χ0v) is 23.1. The summed E-state index contributed by atoms with van der Waals surface area (Å²) in [5, 5.41) is 5.61. The van der Waals surface area contributed by atoms with E-state index in [2.05, 4.69) is 17.6 Å². The summed E-state index contributed by atoms with van der Waals surface area (Å²) in [6.07, 6.45) is 2.02. The lowest BCUT2D eigenvalue weighted by Gasteiger charge is -2.30. The molecule has 208 valence electrons. The van der Waals surface area contributed by atoms with Crippen LogP contribution in [0.15, 0.2) is 83.8 Å². The van der Waals surface area contributed by atoms with Crippen molar-refractivity contribution in [1.29, 1.82) is 0 Å². The van der Waals surface area contributed by atoms with Gasteiger partial charge in [-0.25, -0.2) is 8.42 Å². The van der Waals surface area contributed by atoms with Gasteiger partial charge in [0.1, 0.15) is 0 Å². The van der Waals surface area contributed by atoms with Gasteiger partial charge in [0.25, 0.3) is 5.91 Å². The number of carbonyl (C=O) groups is 3. The monoisotopic (exact) mass is 560 g/mol. The molecular formula is C30H32N4O5S. The predicted molar refractivity (Wildman–Crippen MR) is 154 cm³/mol. The number of nitrogens with one attached hydrogen (secondary N) is 2. The highest BCUT2D eigenvalue weighted by Gasteiger charge is 2.35. The second kappa shape index (κ2) is 11.6. The van der Waals surface area contributed by atoms with Crippen molar-refractivity contribution in [2.75, 3.05) is 35.2 Å². The molecule has 0 aliphatic carbocycles. The highest BCUT2D eigenvalue weighted by molar-refractivity contribution is 7.89. The van der Waals surface area contributed by atoms with Crippen LogP contribution in [0.25, 0.3) is 0 Å². The van der Waals surface area contributed by atoms with E-state index in [0.29, 0.717) is 42.5 Å². The third-order valence-electron chi connectivity index (χ3n) is 7.35. The number of hydrogen-bond donors (Lipinski definition) is 2. The maximum absolute atomic E-state index is 13.0. The van der Waals surface area contributed by atoms with Crippen LogP contribution in [0.2, 0.25) is 0 Å². The van der Waals surface area contributed by atoms with Crippen molar-refractivity contribution in [1.82, 2.24) is 4.31 Å². The van der Waals surface area contributed by atoms with Crippen LogP contribution in [-0.4, -0.2) is 50.1 Å². The summed E-state index contributed by atoms with van der Waals surface area (Å²) in [4.78, 5) is 39.8. The second-order valence-electron chi connectivity index (χ2n) is 10.4. The minimum atomic E-state index is -3.57. The Hall–Kier alpha value is -4.02. The molecule has 9 nitrogen and oxygen atoms in total. The number of benzene rings is 3. The molecule has 3 aromatic carbocycles. The van der Waals surface area contributed by atoms with Crippen molar-refractivity contribution in [3.05, 3.63) is 84.4 Å². The number of para-hydroxylation sites is 1. The summed E-state index contributed by atoms with van der Waals surface area (Å²) >= 11 is 0. The summed E-state index contributed by atoms with van der Waals surface area (Å²) in [5.74, 6) is -0.846. The fraction of sp³-hybridized carbons (Fsp3) is 0.300. The first-order valence-corrected chi connectivity index (χ1v) is 14.8. The Balaban J connectivity index is 1.16. The van der Waals surface area contributed by atoms with Gasteiger partial charge >= 0.3 is 0 Å². The Bertz CT molecular complexity index is 1490. The number of piperidine rings is 1. The first-order chi connectivity index (χ1) is 19.2. The summed E-state index contributed by atoms with van der Waals surface area (Å²) in [7, 11) is -3.57. The van der Waals surface area contributed by atoms with Gasteiger partial charge in [0.15, 0.2) is 0 Å². The lowest BCUT2D eigenvalue weighted by molar-refractivity contribution is -0.122. The van der Waals surface area contributed by atoms with Gasteiger partial charge in [-0.05, 0) is 79.4 Å². The van der Waals surface area contributed by atoms with Crippen LogP contribution >= 0.6 is 0 Å². The van der Waals surface area contributed by atoms with Crippen LogP contribution in [0.4, 0.5) is 17.1 Å². The van der Waals surface area contributed by atoms with Crippen LogP contribution < -0.4 is 15.5 Å². The van der Waals surface area contributed by atoms with Crippen molar-refractivity contribution in [2.45, 2.75) is 31.1 Å².